The van der Waals surface area contributed by atoms with Gasteiger partial charge in [-0.3, -0.25) is 9.82 Å². The lowest BCUT2D eigenvalue weighted by Crippen LogP contribution is -2.12. The first-order valence-electron chi connectivity index (χ1n) is 6.27. The Bertz CT molecular complexity index is 1050. The molecule has 9 heteroatoms. The molecule has 0 fully saturated rings. The Morgan fingerprint density at radius 3 is 2.61 bits per heavy atom. The number of rotatable bonds is 3. The van der Waals surface area contributed by atoms with Crippen LogP contribution in [0.2, 0.25) is 10.0 Å². The molecule has 0 amide bonds. The van der Waals surface area contributed by atoms with Gasteiger partial charge < -0.3 is 0 Å². The van der Waals surface area contributed by atoms with Crippen molar-refractivity contribution in [2.24, 2.45) is 0 Å². The lowest BCUT2D eigenvalue weighted by atomic mass is 10.2. The molecule has 0 aliphatic heterocycles. The van der Waals surface area contributed by atoms with E-state index in [1.54, 1.807) is 6.07 Å². The number of halogens is 2. The third-order valence-electron chi connectivity index (χ3n) is 3.12. The second kappa shape index (κ2) is 5.74. The Morgan fingerprint density at radius 2 is 1.91 bits per heavy atom. The van der Waals surface area contributed by atoms with Gasteiger partial charge in [0.25, 0.3) is 10.0 Å². The zero-order valence-electron chi connectivity index (χ0n) is 11.3. The molecule has 0 radical (unpaired) electrons. The van der Waals surface area contributed by atoms with Gasteiger partial charge in [-0.15, -0.1) is 0 Å². The molecule has 2 N–H and O–H groups in total. The molecule has 23 heavy (non-hydrogen) atoms. The van der Waals surface area contributed by atoms with Gasteiger partial charge in [-0.05, 0) is 36.4 Å². The van der Waals surface area contributed by atoms with Gasteiger partial charge in [-0.25, -0.2) is 8.42 Å². The average molecular weight is 367 g/mol. The summed E-state index contributed by atoms with van der Waals surface area (Å²) >= 11 is 11.7. The first kappa shape index (κ1) is 15.6. The highest BCUT2D eigenvalue weighted by Gasteiger charge is 2.17. The van der Waals surface area contributed by atoms with Crippen LogP contribution in [-0.4, -0.2) is 18.6 Å². The quantitative estimate of drug-likeness (QED) is 0.740. The molecule has 0 aliphatic rings. The maximum absolute atomic E-state index is 12.5. The predicted molar refractivity (Wildman–Crippen MR) is 88.1 cm³/mol. The third kappa shape index (κ3) is 2.97. The molecule has 0 unspecified atom stereocenters. The monoisotopic (exact) mass is 366 g/mol. The highest BCUT2D eigenvalue weighted by molar-refractivity contribution is 7.92. The van der Waals surface area contributed by atoms with E-state index in [9.17, 15) is 8.42 Å². The number of sulfonamides is 1. The second-order valence-electron chi connectivity index (χ2n) is 4.63. The van der Waals surface area contributed by atoms with E-state index >= 15 is 0 Å². The van der Waals surface area contributed by atoms with Crippen molar-refractivity contribution in [2.45, 2.75) is 4.90 Å². The maximum atomic E-state index is 12.5. The van der Waals surface area contributed by atoms with Crippen molar-refractivity contribution in [3.05, 3.63) is 52.1 Å². The molecule has 3 rings (SSSR count). The molecule has 0 aliphatic carbocycles. The average Bonchev–Trinajstić information content (AvgIpc) is 2.93. The normalized spacial score (nSPS) is 11.3. The molecule has 3 aromatic rings. The van der Waals surface area contributed by atoms with Gasteiger partial charge >= 0.3 is 0 Å². The number of hydrogen-bond donors (Lipinski definition) is 2. The van der Waals surface area contributed by atoms with Crippen LogP contribution in [0.15, 0.2) is 41.3 Å². The van der Waals surface area contributed by atoms with E-state index in [1.165, 1.54) is 30.3 Å². The number of nitrogens with one attached hydrogen (secondary N) is 2. The fraction of sp³-hybridized carbons (Fsp3) is 0. The Kier molecular flexibility index (Phi) is 3.90. The summed E-state index contributed by atoms with van der Waals surface area (Å²) in [6.45, 7) is 0. The smallest absolute Gasteiger partial charge is 0.261 e. The summed E-state index contributed by atoms with van der Waals surface area (Å²) in [5.41, 5.74) is 0.994. The van der Waals surface area contributed by atoms with E-state index in [2.05, 4.69) is 14.9 Å². The topological polar surface area (TPSA) is 98.6 Å². The van der Waals surface area contributed by atoms with Crippen LogP contribution < -0.4 is 4.72 Å². The minimum Gasteiger partial charge on any atom is -0.280 e. The molecule has 2 aromatic carbocycles. The number of nitrogens with zero attached hydrogens (tertiary/aromatic N) is 2. The summed E-state index contributed by atoms with van der Waals surface area (Å²) in [5, 5.41) is 16.5. The fourth-order valence-electron chi connectivity index (χ4n) is 2.02. The van der Waals surface area contributed by atoms with Crippen LogP contribution in [0.3, 0.4) is 0 Å². The largest absolute Gasteiger partial charge is 0.280 e. The van der Waals surface area contributed by atoms with Gasteiger partial charge in [-0.1, -0.05) is 23.2 Å². The summed E-state index contributed by atoms with van der Waals surface area (Å²) in [4.78, 5) is 0.00831. The molecule has 6 nitrogen and oxygen atoms in total. The first-order valence-corrected chi connectivity index (χ1v) is 8.51. The standard InChI is InChI=1S/C14H8Cl2N4O2S/c15-11-3-1-8(5-12(11)16)20-23(21,22)9-2-4-13-10(6-9)14(7-17)19-18-13/h1-6,20H,(H,18,19). The van der Waals surface area contributed by atoms with E-state index in [0.29, 0.717) is 15.9 Å². The summed E-state index contributed by atoms with van der Waals surface area (Å²) in [6, 6.07) is 10.7. The Balaban J connectivity index is 2.02. The van der Waals surface area contributed by atoms with Gasteiger partial charge in [0, 0.05) is 5.39 Å². The number of anilines is 1. The van der Waals surface area contributed by atoms with Gasteiger partial charge in [0.2, 0.25) is 0 Å². The van der Waals surface area contributed by atoms with Gasteiger partial charge in [0.05, 0.1) is 26.1 Å². The summed E-state index contributed by atoms with van der Waals surface area (Å²) in [5.74, 6) is 0. The summed E-state index contributed by atoms with van der Waals surface area (Å²) in [7, 11) is -3.84. The van der Waals surface area contributed by atoms with Crippen LogP contribution in [0.1, 0.15) is 5.69 Å². The van der Waals surface area contributed by atoms with Crippen LogP contribution in [0.25, 0.3) is 10.9 Å². The number of hydrogen-bond acceptors (Lipinski definition) is 4. The molecule has 0 bridgehead atoms. The minimum absolute atomic E-state index is 0.00831. The Hall–Kier alpha value is -2.27. The number of aromatic nitrogens is 2. The highest BCUT2D eigenvalue weighted by Crippen LogP contribution is 2.27. The zero-order chi connectivity index (χ0) is 16.6. The van der Waals surface area contributed by atoms with Crippen molar-refractivity contribution in [1.82, 2.24) is 10.2 Å². The molecule has 0 atom stereocenters. The van der Waals surface area contributed by atoms with E-state index < -0.39 is 10.0 Å². The Labute approximate surface area is 141 Å². The van der Waals surface area contributed by atoms with E-state index in [1.807, 2.05) is 6.07 Å². The molecule has 1 aromatic heterocycles. The molecule has 1 heterocycles. The van der Waals surface area contributed by atoms with Crippen LogP contribution in [0.4, 0.5) is 5.69 Å². The minimum atomic E-state index is -3.84. The van der Waals surface area contributed by atoms with Gasteiger partial charge in [0.15, 0.2) is 5.69 Å². The highest BCUT2D eigenvalue weighted by atomic mass is 35.5. The third-order valence-corrected chi connectivity index (χ3v) is 5.24. The predicted octanol–water partition coefficient (Wildman–Crippen LogP) is 3.54. The molecule has 116 valence electrons. The second-order valence-corrected chi connectivity index (χ2v) is 7.12. The fourth-order valence-corrected chi connectivity index (χ4v) is 3.39. The summed E-state index contributed by atoms with van der Waals surface area (Å²) < 4.78 is 27.3. The van der Waals surface area contributed by atoms with Gasteiger partial charge in [-0.2, -0.15) is 10.4 Å². The summed E-state index contributed by atoms with van der Waals surface area (Å²) in [6.07, 6.45) is 0. The molecule has 0 spiro atoms. The van der Waals surface area contributed by atoms with Crippen molar-refractivity contribution < 1.29 is 8.42 Å². The van der Waals surface area contributed by atoms with E-state index in [-0.39, 0.29) is 21.3 Å². The molecular formula is C14H8Cl2N4O2S. The SMILES string of the molecule is N#Cc1n[nH]c2ccc(S(=O)(=O)Nc3ccc(Cl)c(Cl)c3)cc12. The van der Waals surface area contributed by atoms with Crippen LogP contribution in [0.5, 0.6) is 0 Å². The van der Waals surface area contributed by atoms with E-state index in [4.69, 9.17) is 28.5 Å². The Morgan fingerprint density at radius 1 is 1.13 bits per heavy atom. The number of H-pyrrole nitrogens is 1. The number of nitriles is 1. The maximum Gasteiger partial charge on any atom is 0.261 e. The first-order chi connectivity index (χ1) is 10.9. The number of benzene rings is 2. The lowest BCUT2D eigenvalue weighted by Gasteiger charge is -2.09. The number of aromatic amines is 1. The van der Waals surface area contributed by atoms with Crippen LogP contribution >= 0.6 is 23.2 Å². The molecular weight excluding hydrogens is 359 g/mol. The molecule has 0 saturated heterocycles. The zero-order valence-corrected chi connectivity index (χ0v) is 13.7. The lowest BCUT2D eigenvalue weighted by molar-refractivity contribution is 0.601. The van der Waals surface area contributed by atoms with Crippen molar-refractivity contribution in [3.63, 3.8) is 0 Å². The number of fused-ring (bicyclic) bond motifs is 1. The molecule has 0 saturated carbocycles. The van der Waals surface area contributed by atoms with Crippen LogP contribution in [0, 0.1) is 11.3 Å². The van der Waals surface area contributed by atoms with Crippen molar-refractivity contribution in [2.75, 3.05) is 4.72 Å². The van der Waals surface area contributed by atoms with Gasteiger partial charge in [0.1, 0.15) is 6.07 Å². The van der Waals surface area contributed by atoms with E-state index in [0.717, 1.165) is 0 Å². The van der Waals surface area contributed by atoms with Crippen molar-refractivity contribution in [3.8, 4) is 6.07 Å². The van der Waals surface area contributed by atoms with Crippen molar-refractivity contribution >= 4 is 49.8 Å². The van der Waals surface area contributed by atoms with Crippen molar-refractivity contribution in [1.29, 1.82) is 5.26 Å². The van der Waals surface area contributed by atoms with Crippen LogP contribution in [-0.2, 0) is 10.0 Å².